The lowest BCUT2D eigenvalue weighted by molar-refractivity contribution is 0.519. The third-order valence-electron chi connectivity index (χ3n) is 9.39. The van der Waals surface area contributed by atoms with Crippen molar-refractivity contribution >= 4 is 6.21 Å². The largest absolute Gasteiger partial charge is 0.308 e. The molecule has 0 fully saturated rings. The molecule has 7 aliphatic rings. The third kappa shape index (κ3) is 3.72. The maximum Gasteiger partial charge on any atom is 0.0947 e. The molecule has 0 aromatic heterocycles. The number of nitrogens with one attached hydrogen (secondary N) is 1. The normalized spacial score (nSPS) is 30.9. The molecule has 0 saturated heterocycles. The quantitative estimate of drug-likeness (QED) is 0.395. The summed E-state index contributed by atoms with van der Waals surface area (Å²) in [5, 5.41) is 17.0. The van der Waals surface area contributed by atoms with Gasteiger partial charge in [-0.1, -0.05) is 79.0 Å². The molecule has 1 N–H and O–H groups in total. The number of hydrogen-bond donors (Lipinski definition) is 1. The second-order valence-corrected chi connectivity index (χ2v) is 11.3. The van der Waals surface area contributed by atoms with E-state index in [1.165, 1.54) is 39.7 Å². The first-order chi connectivity index (χ1) is 18.7. The van der Waals surface area contributed by atoms with Gasteiger partial charge in [0.15, 0.2) is 0 Å². The number of nitriles is 1. The minimum atomic E-state index is 0.353. The topological polar surface area (TPSA) is 47.6 Å². The lowest BCUT2D eigenvalue weighted by Crippen LogP contribution is -2.33. The van der Waals surface area contributed by atoms with Gasteiger partial charge in [0.05, 0.1) is 6.07 Å². The first-order valence-corrected chi connectivity index (χ1v) is 14.1. The van der Waals surface area contributed by atoms with E-state index in [1.54, 1.807) is 11.1 Å². The maximum atomic E-state index is 9.36. The van der Waals surface area contributed by atoms with E-state index >= 15 is 0 Å². The van der Waals surface area contributed by atoms with Crippen molar-refractivity contribution in [1.29, 1.82) is 10.7 Å². The van der Waals surface area contributed by atoms with Gasteiger partial charge in [0.25, 0.3) is 0 Å². The third-order valence-corrected chi connectivity index (χ3v) is 9.39. The summed E-state index contributed by atoms with van der Waals surface area (Å²) in [6, 6.07) is 2.35. The summed E-state index contributed by atoms with van der Waals surface area (Å²) in [6.07, 6.45) is 39.8. The van der Waals surface area contributed by atoms with Gasteiger partial charge in [0.2, 0.25) is 0 Å². The number of fused-ring (bicyclic) bond motifs is 6. The zero-order valence-electron chi connectivity index (χ0n) is 21.7. The molecular weight excluding hydrogens is 460 g/mol. The van der Waals surface area contributed by atoms with Gasteiger partial charge >= 0.3 is 0 Å². The summed E-state index contributed by atoms with van der Waals surface area (Å²) >= 11 is 0. The van der Waals surface area contributed by atoms with Crippen LogP contribution in [0.1, 0.15) is 38.5 Å². The summed E-state index contributed by atoms with van der Waals surface area (Å²) in [6.45, 7) is 0. The molecule has 0 radical (unpaired) electrons. The van der Waals surface area contributed by atoms with E-state index in [4.69, 9.17) is 5.41 Å². The van der Waals surface area contributed by atoms with Crippen LogP contribution in [0, 0.1) is 40.4 Å². The fraction of sp³-hybridized carbons (Fsp3) is 0.278. The Balaban J connectivity index is 1.37. The minimum absolute atomic E-state index is 0.353. The number of hydrogen-bond acceptors (Lipinski definition) is 2. The monoisotopic (exact) mass is 492 g/mol. The van der Waals surface area contributed by atoms with Crippen LogP contribution in [0.4, 0.5) is 0 Å². The van der Waals surface area contributed by atoms with Crippen LogP contribution in [0.25, 0.3) is 0 Å². The van der Waals surface area contributed by atoms with Crippen LogP contribution >= 0.6 is 0 Å². The van der Waals surface area contributed by atoms with Gasteiger partial charge in [-0.05, 0) is 94.8 Å². The van der Waals surface area contributed by atoms with Crippen molar-refractivity contribution in [2.75, 3.05) is 0 Å². The molecular formula is C36H32N2. The Morgan fingerprint density at radius 2 is 1.34 bits per heavy atom. The highest BCUT2D eigenvalue weighted by Gasteiger charge is 2.42. The van der Waals surface area contributed by atoms with Crippen LogP contribution in [-0.2, 0) is 0 Å². The molecule has 0 bridgehead atoms. The van der Waals surface area contributed by atoms with Gasteiger partial charge in [0, 0.05) is 35.5 Å². The van der Waals surface area contributed by atoms with Crippen molar-refractivity contribution in [1.82, 2.24) is 0 Å². The molecule has 0 aromatic carbocycles. The Bertz CT molecular complexity index is 1540. The van der Waals surface area contributed by atoms with Crippen molar-refractivity contribution < 1.29 is 0 Å². The van der Waals surface area contributed by atoms with Gasteiger partial charge in [0.1, 0.15) is 0 Å². The fourth-order valence-electron chi connectivity index (χ4n) is 7.48. The van der Waals surface area contributed by atoms with E-state index in [0.717, 1.165) is 49.7 Å². The number of allylic oxidation sites excluding steroid dienone is 24. The van der Waals surface area contributed by atoms with Crippen LogP contribution in [0.3, 0.4) is 0 Å². The zero-order valence-corrected chi connectivity index (χ0v) is 21.7. The first kappa shape index (κ1) is 23.2. The molecule has 7 aliphatic carbocycles. The molecule has 4 unspecified atom stereocenters. The number of rotatable bonds is 3. The molecule has 0 spiro atoms. The van der Waals surface area contributed by atoms with Gasteiger partial charge in [-0.25, -0.2) is 0 Å². The molecule has 2 nitrogen and oxygen atoms in total. The summed E-state index contributed by atoms with van der Waals surface area (Å²) in [5.74, 6) is 1.46. The average Bonchev–Trinajstić information content (AvgIpc) is 3.00. The van der Waals surface area contributed by atoms with Crippen molar-refractivity contribution in [3.05, 3.63) is 141 Å². The van der Waals surface area contributed by atoms with Crippen molar-refractivity contribution in [2.24, 2.45) is 23.7 Å². The first-order valence-electron chi connectivity index (χ1n) is 14.1. The van der Waals surface area contributed by atoms with Crippen molar-refractivity contribution in [3.63, 3.8) is 0 Å². The molecule has 4 atom stereocenters. The van der Waals surface area contributed by atoms with Crippen LogP contribution in [-0.4, -0.2) is 6.21 Å². The van der Waals surface area contributed by atoms with Crippen molar-refractivity contribution in [2.45, 2.75) is 38.5 Å². The second kappa shape index (κ2) is 9.41. The standard InChI is InChI=1S/C36H32N2/c37-21-23-9-13-25(14-10-23)27-17-18-32-34(19-27)28-5-1-2-6-29(28)35-20-33(26-15-11-24(22-38)12-16-26)30-7-3-4-8-31(30)36(32)35/h1-9,11,13,15,19-21,28-31,37H,10,12,14,16-18H2. The molecule has 2 heteroatoms. The molecule has 38 heavy (non-hydrogen) atoms. The Kier molecular flexibility index (Phi) is 5.74. The Morgan fingerprint density at radius 3 is 2.03 bits per heavy atom. The average molecular weight is 493 g/mol. The molecule has 186 valence electrons. The van der Waals surface area contributed by atoms with Gasteiger partial charge in [-0.3, -0.25) is 0 Å². The zero-order chi connectivity index (χ0) is 25.6. The molecule has 7 rings (SSSR count). The molecule has 0 aromatic rings. The highest BCUT2D eigenvalue weighted by Crippen LogP contribution is 2.55. The summed E-state index contributed by atoms with van der Waals surface area (Å²) in [5.41, 5.74) is 14.0. The predicted molar refractivity (Wildman–Crippen MR) is 155 cm³/mol. The van der Waals surface area contributed by atoms with Gasteiger partial charge in [-0.2, -0.15) is 5.26 Å². The van der Waals surface area contributed by atoms with E-state index in [9.17, 15) is 5.26 Å². The Morgan fingerprint density at radius 1 is 0.658 bits per heavy atom. The van der Waals surface area contributed by atoms with Gasteiger partial charge < -0.3 is 5.41 Å². The smallest absolute Gasteiger partial charge is 0.0947 e. The van der Waals surface area contributed by atoms with Crippen LogP contribution in [0.15, 0.2) is 141 Å². The van der Waals surface area contributed by atoms with E-state index in [0.29, 0.717) is 23.7 Å². The lowest BCUT2D eigenvalue weighted by Gasteiger charge is -2.45. The highest BCUT2D eigenvalue weighted by molar-refractivity contribution is 5.77. The summed E-state index contributed by atoms with van der Waals surface area (Å²) < 4.78 is 0. The number of nitrogens with zero attached hydrogens (tertiary/aromatic N) is 1. The summed E-state index contributed by atoms with van der Waals surface area (Å²) in [4.78, 5) is 0. The molecule has 0 aliphatic heterocycles. The second-order valence-electron chi connectivity index (χ2n) is 11.3. The molecule has 0 heterocycles. The van der Waals surface area contributed by atoms with E-state index in [2.05, 4.69) is 85.1 Å². The maximum absolute atomic E-state index is 9.36. The van der Waals surface area contributed by atoms with Crippen LogP contribution in [0.5, 0.6) is 0 Å². The van der Waals surface area contributed by atoms with Crippen molar-refractivity contribution in [3.8, 4) is 6.07 Å². The Labute approximate surface area is 225 Å². The fourth-order valence-corrected chi connectivity index (χ4v) is 7.48. The SMILES string of the molecule is N#CC1=CC=C(C2=CC3=C(C4=C(C=C(C5=CC=C(C=N)CC5)CC4)C4C=CC=CC34)C3C=CC=CC23)CC1. The molecule has 0 amide bonds. The summed E-state index contributed by atoms with van der Waals surface area (Å²) in [7, 11) is 0. The predicted octanol–water partition coefficient (Wildman–Crippen LogP) is 8.44. The van der Waals surface area contributed by atoms with Crippen LogP contribution in [0.2, 0.25) is 0 Å². The highest BCUT2D eigenvalue weighted by atomic mass is 14.5. The van der Waals surface area contributed by atoms with E-state index in [1.807, 2.05) is 6.08 Å². The molecule has 0 saturated carbocycles. The van der Waals surface area contributed by atoms with Gasteiger partial charge in [-0.15, -0.1) is 0 Å². The Hall–Kier alpha value is -3.96. The van der Waals surface area contributed by atoms with E-state index in [-0.39, 0.29) is 0 Å². The minimum Gasteiger partial charge on any atom is -0.308 e. The lowest BCUT2D eigenvalue weighted by atomic mass is 9.59. The van der Waals surface area contributed by atoms with E-state index < -0.39 is 0 Å². The van der Waals surface area contributed by atoms with Crippen LogP contribution < -0.4 is 0 Å².